The Balaban J connectivity index is 2.61. The molecular formula is C7H3BF2O2S. The number of hydrogen-bond acceptors (Lipinski definition) is 3. The number of fused-ring (bicyclic) bond motifs is 1. The summed E-state index contributed by atoms with van der Waals surface area (Å²) in [5.74, 6) is -5.03. The van der Waals surface area contributed by atoms with E-state index in [0.29, 0.717) is 0 Å². The van der Waals surface area contributed by atoms with Crippen molar-refractivity contribution in [2.24, 2.45) is 0 Å². The van der Waals surface area contributed by atoms with E-state index in [0.717, 1.165) is 11.3 Å². The minimum Gasteiger partial charge on any atom is -0.381 e. The Kier molecular flexibility index (Phi) is 1.62. The second-order valence-electron chi connectivity index (χ2n) is 2.78. The van der Waals surface area contributed by atoms with Gasteiger partial charge in [-0.15, -0.1) is 0 Å². The molecule has 0 amide bonds. The predicted octanol–water partition coefficient (Wildman–Crippen LogP) is 0.407. The van der Waals surface area contributed by atoms with Crippen LogP contribution in [0.4, 0.5) is 8.78 Å². The molecule has 1 aromatic rings. The van der Waals surface area contributed by atoms with E-state index in [4.69, 9.17) is 13.0 Å². The van der Waals surface area contributed by atoms with Crippen LogP contribution in [0.15, 0.2) is 6.07 Å². The van der Waals surface area contributed by atoms with Crippen LogP contribution in [0.3, 0.4) is 0 Å². The van der Waals surface area contributed by atoms with Gasteiger partial charge in [0.2, 0.25) is 5.78 Å². The molecule has 1 N–H and O–H groups in total. The van der Waals surface area contributed by atoms with E-state index >= 15 is 0 Å². The summed E-state index contributed by atoms with van der Waals surface area (Å²) in [6.45, 7) is 0. The molecule has 1 atom stereocenters. The molecule has 1 aliphatic carbocycles. The van der Waals surface area contributed by atoms with Crippen molar-refractivity contribution in [1.82, 2.24) is 0 Å². The summed E-state index contributed by atoms with van der Waals surface area (Å²) in [6, 6.07) is 1.17. The molecule has 66 valence electrons. The largest absolute Gasteiger partial charge is 0.381 e. The first-order valence-corrected chi connectivity index (χ1v) is 4.26. The van der Waals surface area contributed by atoms with E-state index in [1.165, 1.54) is 6.07 Å². The number of aliphatic hydroxyl groups excluding tert-OH is 1. The summed E-state index contributed by atoms with van der Waals surface area (Å²) in [5, 5.41) is 9.08. The fourth-order valence-electron chi connectivity index (χ4n) is 1.27. The Hall–Kier alpha value is -0.745. The second-order valence-corrected chi connectivity index (χ2v) is 3.90. The molecule has 1 heterocycles. The van der Waals surface area contributed by atoms with Crippen molar-refractivity contribution in [1.29, 1.82) is 0 Å². The van der Waals surface area contributed by atoms with Crippen LogP contribution in [-0.2, 0) is 0 Å². The molecule has 2 radical (unpaired) electrons. The maximum atomic E-state index is 12.9. The molecule has 0 aliphatic heterocycles. The summed E-state index contributed by atoms with van der Waals surface area (Å²) in [6.07, 6.45) is -2.03. The third-order valence-electron chi connectivity index (χ3n) is 1.92. The van der Waals surface area contributed by atoms with E-state index < -0.39 is 17.8 Å². The molecule has 0 fully saturated rings. The zero-order valence-corrected chi connectivity index (χ0v) is 7.07. The molecule has 2 nitrogen and oxygen atoms in total. The van der Waals surface area contributed by atoms with Gasteiger partial charge in [-0.05, 0) is 10.8 Å². The van der Waals surface area contributed by atoms with Gasteiger partial charge >= 0.3 is 5.92 Å². The van der Waals surface area contributed by atoms with Crippen molar-refractivity contribution in [3.63, 3.8) is 0 Å². The van der Waals surface area contributed by atoms with Crippen molar-refractivity contribution >= 4 is 29.7 Å². The van der Waals surface area contributed by atoms with Gasteiger partial charge in [-0.25, -0.2) is 0 Å². The molecule has 0 aromatic carbocycles. The molecule has 0 bridgehead atoms. The first-order valence-electron chi connectivity index (χ1n) is 3.44. The number of Topliss-reactive ketones (excluding diaryl/α,β-unsaturated/α-hetero) is 1. The van der Waals surface area contributed by atoms with E-state index in [-0.39, 0.29) is 15.2 Å². The molecule has 0 saturated heterocycles. The Morgan fingerprint density at radius 3 is 2.77 bits per heavy atom. The molecule has 1 aliphatic rings. The lowest BCUT2D eigenvalue weighted by atomic mass is 10.1. The molecule has 0 saturated carbocycles. The lowest BCUT2D eigenvalue weighted by molar-refractivity contribution is -0.0696. The zero-order chi connectivity index (χ0) is 9.80. The van der Waals surface area contributed by atoms with Gasteiger partial charge in [0.05, 0.1) is 4.88 Å². The lowest BCUT2D eigenvalue weighted by Gasteiger charge is -2.11. The van der Waals surface area contributed by atoms with E-state index in [1.807, 2.05) is 0 Å². The standard InChI is InChI=1S/C7H3BF2O2S/c8-3-1-2-4(13-3)6(12)7(9,10)5(2)11/h1,6,12H. The normalized spacial score (nSPS) is 24.8. The quantitative estimate of drug-likeness (QED) is 0.615. The highest BCUT2D eigenvalue weighted by molar-refractivity contribution is 7.20. The van der Waals surface area contributed by atoms with Crippen LogP contribution in [-0.4, -0.2) is 24.7 Å². The SMILES string of the molecule is [B]c1cc2c(s1)C(O)C(F)(F)C2=O. The Labute approximate surface area is 77.6 Å². The van der Waals surface area contributed by atoms with Crippen LogP contribution in [0.1, 0.15) is 21.3 Å². The smallest absolute Gasteiger partial charge is 0.339 e. The average Bonchev–Trinajstić information content (AvgIpc) is 2.48. The van der Waals surface area contributed by atoms with Gasteiger partial charge in [-0.3, -0.25) is 4.79 Å². The molecule has 1 unspecified atom stereocenters. The summed E-state index contributed by atoms with van der Waals surface area (Å²) < 4.78 is 26.0. The van der Waals surface area contributed by atoms with Crippen LogP contribution < -0.4 is 4.78 Å². The monoisotopic (exact) mass is 200 g/mol. The molecular weight excluding hydrogens is 197 g/mol. The number of carbonyl (C=O) groups is 1. The fourth-order valence-corrected chi connectivity index (χ4v) is 2.23. The van der Waals surface area contributed by atoms with Gasteiger partial charge in [0.15, 0.2) is 6.10 Å². The number of thiophene rings is 1. The molecule has 2 rings (SSSR count). The van der Waals surface area contributed by atoms with Crippen LogP contribution in [0.5, 0.6) is 0 Å². The topological polar surface area (TPSA) is 37.3 Å². The molecule has 0 spiro atoms. The highest BCUT2D eigenvalue weighted by atomic mass is 32.1. The van der Waals surface area contributed by atoms with Gasteiger partial charge in [0.1, 0.15) is 7.85 Å². The zero-order valence-electron chi connectivity index (χ0n) is 6.25. The van der Waals surface area contributed by atoms with E-state index in [2.05, 4.69) is 0 Å². The number of ketones is 1. The Morgan fingerprint density at radius 2 is 2.23 bits per heavy atom. The van der Waals surface area contributed by atoms with Gasteiger partial charge in [-0.2, -0.15) is 20.1 Å². The number of carbonyl (C=O) groups excluding carboxylic acids is 1. The van der Waals surface area contributed by atoms with Crippen molar-refractivity contribution in [2.45, 2.75) is 12.0 Å². The summed E-state index contributed by atoms with van der Waals surface area (Å²) >= 11 is 0.818. The minimum absolute atomic E-state index is 0.0347. The maximum Gasteiger partial charge on any atom is 0.339 e. The van der Waals surface area contributed by atoms with Gasteiger partial charge in [-0.1, -0.05) is 0 Å². The molecule has 13 heavy (non-hydrogen) atoms. The number of halogens is 2. The highest BCUT2D eigenvalue weighted by Crippen LogP contribution is 2.44. The van der Waals surface area contributed by atoms with Crippen LogP contribution in [0.2, 0.25) is 0 Å². The summed E-state index contributed by atoms with van der Waals surface area (Å²) in [7, 11) is 5.31. The van der Waals surface area contributed by atoms with Gasteiger partial charge < -0.3 is 5.11 Å². The van der Waals surface area contributed by atoms with E-state index in [9.17, 15) is 13.6 Å². The van der Waals surface area contributed by atoms with Crippen molar-refractivity contribution < 1.29 is 18.7 Å². The lowest BCUT2D eigenvalue weighted by Crippen LogP contribution is -2.28. The number of hydrogen-bond donors (Lipinski definition) is 1. The number of aliphatic hydroxyl groups is 1. The van der Waals surface area contributed by atoms with Gasteiger partial charge in [0, 0.05) is 5.56 Å². The maximum absolute atomic E-state index is 12.9. The van der Waals surface area contributed by atoms with E-state index in [1.54, 1.807) is 0 Å². The van der Waals surface area contributed by atoms with Crippen LogP contribution in [0, 0.1) is 0 Å². The Bertz CT molecular complexity index is 388. The summed E-state index contributed by atoms with van der Waals surface area (Å²) in [4.78, 5) is 10.9. The molecule has 6 heteroatoms. The highest BCUT2D eigenvalue weighted by Gasteiger charge is 2.55. The predicted molar refractivity (Wildman–Crippen MR) is 43.9 cm³/mol. The summed E-state index contributed by atoms with van der Waals surface area (Å²) in [5.41, 5.74) is -0.153. The third kappa shape index (κ3) is 0.987. The molecule has 1 aromatic heterocycles. The van der Waals surface area contributed by atoms with Crippen molar-refractivity contribution in [3.8, 4) is 0 Å². The van der Waals surface area contributed by atoms with Crippen LogP contribution in [0.25, 0.3) is 0 Å². The second kappa shape index (κ2) is 2.39. The van der Waals surface area contributed by atoms with Crippen LogP contribution >= 0.6 is 11.3 Å². The first-order chi connectivity index (χ1) is 5.94. The van der Waals surface area contributed by atoms with Gasteiger partial charge in [0.25, 0.3) is 0 Å². The number of rotatable bonds is 0. The average molecular weight is 200 g/mol. The van der Waals surface area contributed by atoms with Crippen molar-refractivity contribution in [3.05, 3.63) is 16.5 Å². The third-order valence-corrected chi connectivity index (χ3v) is 2.94. The first kappa shape index (κ1) is 8.84. The minimum atomic E-state index is -3.69. The van der Waals surface area contributed by atoms with Crippen molar-refractivity contribution in [2.75, 3.05) is 0 Å². The Morgan fingerprint density at radius 1 is 1.62 bits per heavy atom. The fraction of sp³-hybridized carbons (Fsp3) is 0.286. The number of alkyl halides is 2.